The van der Waals surface area contributed by atoms with Gasteiger partial charge in [0, 0.05) is 6.20 Å². The number of rotatable bonds is 3. The molecular formula is C14H10F3NO. The molecule has 0 spiro atoms. The molecule has 2 rings (SSSR count). The molecule has 0 aliphatic heterocycles. The summed E-state index contributed by atoms with van der Waals surface area (Å²) < 4.78 is 44.0. The zero-order valence-corrected chi connectivity index (χ0v) is 9.82. The van der Waals surface area contributed by atoms with Gasteiger partial charge in [-0.2, -0.15) is 13.2 Å². The minimum absolute atomic E-state index is 0.249. The lowest BCUT2D eigenvalue weighted by atomic mass is 10.1. The average Bonchev–Trinajstić information content (AvgIpc) is 2.39. The molecule has 0 radical (unpaired) electrons. The zero-order valence-electron chi connectivity index (χ0n) is 9.82. The van der Waals surface area contributed by atoms with Crippen LogP contribution in [0.2, 0.25) is 0 Å². The summed E-state index contributed by atoms with van der Waals surface area (Å²) in [7, 11) is 0. The Labute approximate surface area is 108 Å². The maximum atomic E-state index is 12.9. The molecule has 0 aliphatic carbocycles. The van der Waals surface area contributed by atoms with Gasteiger partial charge in [-0.15, -0.1) is 0 Å². The van der Waals surface area contributed by atoms with E-state index < -0.39 is 11.7 Å². The lowest BCUT2D eigenvalue weighted by Gasteiger charge is -2.14. The summed E-state index contributed by atoms with van der Waals surface area (Å²) in [5, 5.41) is 0. The van der Waals surface area contributed by atoms with Gasteiger partial charge in [0.25, 0.3) is 0 Å². The second-order valence-corrected chi connectivity index (χ2v) is 3.75. The largest absolute Gasteiger partial charge is 0.455 e. The molecule has 1 heterocycles. The van der Waals surface area contributed by atoms with E-state index in [4.69, 9.17) is 4.74 Å². The Bertz CT molecular complexity index is 579. The third-order valence-electron chi connectivity index (χ3n) is 2.41. The van der Waals surface area contributed by atoms with Crippen LogP contribution in [0.5, 0.6) is 11.5 Å². The Morgan fingerprint density at radius 3 is 2.58 bits per heavy atom. The van der Waals surface area contributed by atoms with Crippen LogP contribution in [0, 0.1) is 0 Å². The first-order valence-corrected chi connectivity index (χ1v) is 5.42. The minimum atomic E-state index is -4.49. The highest BCUT2D eigenvalue weighted by Gasteiger charge is 2.34. The van der Waals surface area contributed by atoms with Gasteiger partial charge in [0.1, 0.15) is 11.5 Å². The standard InChI is InChI=1S/C14H10F3NO/c1-2-10-5-6-13(12(8-10)14(15,16)17)19-11-4-3-7-18-9-11/h2-9H,1H2. The number of aromatic nitrogens is 1. The number of nitrogens with zero attached hydrogens (tertiary/aromatic N) is 1. The Balaban J connectivity index is 2.42. The van der Waals surface area contributed by atoms with Crippen molar-refractivity contribution < 1.29 is 17.9 Å². The molecule has 0 unspecified atom stereocenters. The fourth-order valence-electron chi connectivity index (χ4n) is 1.52. The van der Waals surface area contributed by atoms with Gasteiger partial charge in [0.05, 0.1) is 11.8 Å². The molecule has 98 valence electrons. The first kappa shape index (κ1) is 13.1. The highest BCUT2D eigenvalue weighted by Crippen LogP contribution is 2.38. The van der Waals surface area contributed by atoms with Crippen molar-refractivity contribution in [2.45, 2.75) is 6.18 Å². The number of halogens is 3. The van der Waals surface area contributed by atoms with E-state index in [0.29, 0.717) is 5.56 Å². The molecule has 0 atom stereocenters. The van der Waals surface area contributed by atoms with Gasteiger partial charge in [0.15, 0.2) is 0 Å². The molecule has 0 bridgehead atoms. The molecule has 2 aromatic rings. The van der Waals surface area contributed by atoms with Crippen molar-refractivity contribution in [3.05, 3.63) is 60.4 Å². The molecule has 1 aromatic heterocycles. The van der Waals surface area contributed by atoms with Crippen molar-refractivity contribution in [3.8, 4) is 11.5 Å². The van der Waals surface area contributed by atoms with E-state index in [0.717, 1.165) is 6.07 Å². The summed E-state index contributed by atoms with van der Waals surface area (Å²) in [5.74, 6) is -0.00884. The smallest absolute Gasteiger partial charge is 0.420 e. The van der Waals surface area contributed by atoms with Crippen LogP contribution in [0.1, 0.15) is 11.1 Å². The normalized spacial score (nSPS) is 11.1. The molecule has 1 aromatic carbocycles. The third-order valence-corrected chi connectivity index (χ3v) is 2.41. The number of benzene rings is 1. The molecule has 0 aliphatic rings. The second-order valence-electron chi connectivity index (χ2n) is 3.75. The average molecular weight is 265 g/mol. The van der Waals surface area contributed by atoms with E-state index in [9.17, 15) is 13.2 Å². The van der Waals surface area contributed by atoms with Crippen LogP contribution in [-0.4, -0.2) is 4.98 Å². The second kappa shape index (κ2) is 5.14. The maximum Gasteiger partial charge on any atom is 0.420 e. The van der Waals surface area contributed by atoms with Crippen LogP contribution < -0.4 is 4.74 Å². The first-order valence-electron chi connectivity index (χ1n) is 5.42. The summed E-state index contributed by atoms with van der Waals surface area (Å²) in [6, 6.07) is 6.90. The Hall–Kier alpha value is -2.30. The van der Waals surface area contributed by atoms with Crippen LogP contribution >= 0.6 is 0 Å². The predicted octanol–water partition coefficient (Wildman–Crippen LogP) is 4.54. The number of ether oxygens (including phenoxy) is 1. The third kappa shape index (κ3) is 3.13. The molecule has 2 nitrogen and oxygen atoms in total. The van der Waals surface area contributed by atoms with Gasteiger partial charge in [-0.3, -0.25) is 4.98 Å². The van der Waals surface area contributed by atoms with Gasteiger partial charge >= 0.3 is 6.18 Å². The van der Waals surface area contributed by atoms with E-state index >= 15 is 0 Å². The quantitative estimate of drug-likeness (QED) is 0.813. The predicted molar refractivity (Wildman–Crippen MR) is 65.8 cm³/mol. The monoisotopic (exact) mass is 265 g/mol. The van der Waals surface area contributed by atoms with Crippen molar-refractivity contribution >= 4 is 6.08 Å². The molecule has 5 heteroatoms. The summed E-state index contributed by atoms with van der Waals surface area (Å²) in [4.78, 5) is 3.78. The Morgan fingerprint density at radius 2 is 2.00 bits per heavy atom. The van der Waals surface area contributed by atoms with Crippen LogP contribution in [-0.2, 0) is 6.18 Å². The lowest BCUT2D eigenvalue weighted by Crippen LogP contribution is -2.07. The van der Waals surface area contributed by atoms with Gasteiger partial charge in [-0.05, 0) is 29.8 Å². The first-order chi connectivity index (χ1) is 9.00. The number of pyridine rings is 1. The molecule has 19 heavy (non-hydrogen) atoms. The van der Waals surface area contributed by atoms with Crippen LogP contribution in [0.25, 0.3) is 6.08 Å². The molecule has 0 fully saturated rings. The van der Waals surface area contributed by atoms with Crippen molar-refractivity contribution in [1.82, 2.24) is 4.98 Å². The van der Waals surface area contributed by atoms with E-state index in [1.54, 1.807) is 6.07 Å². The SMILES string of the molecule is C=Cc1ccc(Oc2cccnc2)c(C(F)(F)F)c1. The minimum Gasteiger partial charge on any atom is -0.455 e. The summed E-state index contributed by atoms with van der Waals surface area (Å²) in [5.41, 5.74) is -0.459. The van der Waals surface area contributed by atoms with E-state index in [-0.39, 0.29) is 11.5 Å². The Morgan fingerprint density at radius 1 is 1.21 bits per heavy atom. The zero-order chi connectivity index (χ0) is 13.9. The van der Waals surface area contributed by atoms with Crippen LogP contribution in [0.4, 0.5) is 13.2 Å². The molecule has 0 saturated heterocycles. The van der Waals surface area contributed by atoms with Crippen molar-refractivity contribution in [3.63, 3.8) is 0 Å². The number of alkyl halides is 3. The Kier molecular flexibility index (Phi) is 3.55. The lowest BCUT2D eigenvalue weighted by molar-refractivity contribution is -0.138. The number of hydrogen-bond donors (Lipinski definition) is 0. The van der Waals surface area contributed by atoms with E-state index in [2.05, 4.69) is 11.6 Å². The number of hydrogen-bond acceptors (Lipinski definition) is 2. The summed E-state index contributed by atoms with van der Waals surface area (Å²) in [6.07, 6.45) is -0.278. The van der Waals surface area contributed by atoms with Crippen LogP contribution in [0.3, 0.4) is 0 Å². The van der Waals surface area contributed by atoms with Crippen molar-refractivity contribution in [1.29, 1.82) is 0 Å². The molecular weight excluding hydrogens is 255 g/mol. The fourth-order valence-corrected chi connectivity index (χ4v) is 1.52. The topological polar surface area (TPSA) is 22.1 Å². The van der Waals surface area contributed by atoms with Gasteiger partial charge < -0.3 is 4.74 Å². The fraction of sp³-hybridized carbons (Fsp3) is 0.0714. The van der Waals surface area contributed by atoms with Gasteiger partial charge in [-0.25, -0.2) is 0 Å². The van der Waals surface area contributed by atoms with Crippen molar-refractivity contribution in [2.75, 3.05) is 0 Å². The summed E-state index contributed by atoms with van der Waals surface area (Å²) >= 11 is 0. The van der Waals surface area contributed by atoms with E-state index in [1.165, 1.54) is 36.7 Å². The maximum absolute atomic E-state index is 12.9. The van der Waals surface area contributed by atoms with Crippen molar-refractivity contribution in [2.24, 2.45) is 0 Å². The van der Waals surface area contributed by atoms with Gasteiger partial charge in [0.2, 0.25) is 0 Å². The van der Waals surface area contributed by atoms with E-state index in [1.807, 2.05) is 0 Å². The van der Waals surface area contributed by atoms with Crippen LogP contribution in [0.15, 0.2) is 49.3 Å². The molecule has 0 saturated carbocycles. The van der Waals surface area contributed by atoms with Gasteiger partial charge in [-0.1, -0.05) is 18.7 Å². The highest BCUT2D eigenvalue weighted by atomic mass is 19.4. The molecule has 0 N–H and O–H groups in total. The highest BCUT2D eigenvalue weighted by molar-refractivity contribution is 5.53. The summed E-state index contributed by atoms with van der Waals surface area (Å²) in [6.45, 7) is 3.45. The molecule has 0 amide bonds.